The van der Waals surface area contributed by atoms with Crippen molar-refractivity contribution in [3.8, 4) is 0 Å². The van der Waals surface area contributed by atoms with Gasteiger partial charge < -0.3 is 15.5 Å². The van der Waals surface area contributed by atoms with Crippen LogP contribution in [-0.2, 0) is 4.79 Å². The predicted molar refractivity (Wildman–Crippen MR) is 101 cm³/mol. The minimum absolute atomic E-state index is 0.173. The number of amides is 3. The van der Waals surface area contributed by atoms with Gasteiger partial charge in [0.15, 0.2) is 0 Å². The lowest BCUT2D eigenvalue weighted by molar-refractivity contribution is -0.119. The van der Waals surface area contributed by atoms with E-state index in [1.54, 1.807) is 0 Å². The van der Waals surface area contributed by atoms with Crippen LogP contribution in [0.15, 0.2) is 42.5 Å². The third-order valence-electron chi connectivity index (χ3n) is 4.38. The maximum Gasteiger partial charge on any atom is 0.323 e. The first kappa shape index (κ1) is 17.0. The number of anilines is 3. The molecule has 2 aromatic carbocycles. The van der Waals surface area contributed by atoms with Gasteiger partial charge in [-0.2, -0.15) is 0 Å². The SMILES string of the molecule is Cc1ccc(NC(=O)Nc2ccc(N3CCCCC3=O)c(C)c2)cc1. The molecule has 0 aliphatic carbocycles. The van der Waals surface area contributed by atoms with E-state index in [-0.39, 0.29) is 11.9 Å². The zero-order valence-corrected chi connectivity index (χ0v) is 14.6. The molecule has 1 fully saturated rings. The van der Waals surface area contributed by atoms with Crippen molar-refractivity contribution < 1.29 is 9.59 Å². The first-order chi connectivity index (χ1) is 12.0. The van der Waals surface area contributed by atoms with Gasteiger partial charge in [0.05, 0.1) is 0 Å². The normalized spacial score (nSPS) is 14.3. The summed E-state index contributed by atoms with van der Waals surface area (Å²) in [5, 5.41) is 5.64. The van der Waals surface area contributed by atoms with Gasteiger partial charge in [-0.25, -0.2) is 4.79 Å². The van der Waals surface area contributed by atoms with Crippen molar-refractivity contribution in [3.63, 3.8) is 0 Å². The number of nitrogens with zero attached hydrogens (tertiary/aromatic N) is 1. The van der Waals surface area contributed by atoms with Crippen LogP contribution in [0.25, 0.3) is 0 Å². The molecule has 0 aromatic heterocycles. The Kier molecular flexibility index (Phi) is 5.03. The summed E-state index contributed by atoms with van der Waals surface area (Å²) in [6.07, 6.45) is 2.61. The van der Waals surface area contributed by atoms with Gasteiger partial charge in [-0.05, 0) is 62.6 Å². The summed E-state index contributed by atoms with van der Waals surface area (Å²) in [5.74, 6) is 0.173. The molecule has 3 rings (SSSR count). The van der Waals surface area contributed by atoms with E-state index in [1.807, 2.05) is 61.2 Å². The van der Waals surface area contributed by atoms with Crippen LogP contribution in [0, 0.1) is 13.8 Å². The third kappa shape index (κ3) is 4.18. The average molecular weight is 337 g/mol. The van der Waals surface area contributed by atoms with Crippen molar-refractivity contribution in [1.29, 1.82) is 0 Å². The number of nitrogens with one attached hydrogen (secondary N) is 2. The second-order valence-corrected chi connectivity index (χ2v) is 6.45. The zero-order chi connectivity index (χ0) is 17.8. The first-order valence-corrected chi connectivity index (χ1v) is 8.58. The standard InChI is InChI=1S/C20H23N3O2/c1-14-6-8-16(9-7-14)21-20(25)22-17-10-11-18(15(2)13-17)23-12-4-3-5-19(23)24/h6-11,13H,3-5,12H2,1-2H3,(H2,21,22,25). The molecular weight excluding hydrogens is 314 g/mol. The summed E-state index contributed by atoms with van der Waals surface area (Å²) in [6, 6.07) is 13.0. The van der Waals surface area contributed by atoms with Gasteiger partial charge in [-0.3, -0.25) is 4.79 Å². The number of benzene rings is 2. The molecule has 0 atom stereocenters. The van der Waals surface area contributed by atoms with Gasteiger partial charge in [0.25, 0.3) is 0 Å². The summed E-state index contributed by atoms with van der Waals surface area (Å²) in [5.41, 5.74) is 4.49. The fourth-order valence-corrected chi connectivity index (χ4v) is 3.03. The molecule has 0 saturated carbocycles. The van der Waals surface area contributed by atoms with Crippen LogP contribution in [0.1, 0.15) is 30.4 Å². The molecule has 5 heteroatoms. The Hall–Kier alpha value is -2.82. The molecule has 0 unspecified atom stereocenters. The minimum Gasteiger partial charge on any atom is -0.312 e. The third-order valence-corrected chi connectivity index (χ3v) is 4.38. The Bertz CT molecular complexity index is 784. The topological polar surface area (TPSA) is 61.4 Å². The van der Waals surface area contributed by atoms with E-state index in [0.29, 0.717) is 12.1 Å². The molecule has 0 radical (unpaired) electrons. The number of carbonyl (C=O) groups is 2. The van der Waals surface area contributed by atoms with E-state index in [2.05, 4.69) is 10.6 Å². The van der Waals surface area contributed by atoms with Crippen molar-refractivity contribution in [3.05, 3.63) is 53.6 Å². The summed E-state index contributed by atoms with van der Waals surface area (Å²) in [7, 11) is 0. The Labute approximate surface area is 148 Å². The molecule has 130 valence electrons. The maximum absolute atomic E-state index is 12.1. The summed E-state index contributed by atoms with van der Waals surface area (Å²) < 4.78 is 0. The number of hydrogen-bond acceptors (Lipinski definition) is 2. The lowest BCUT2D eigenvalue weighted by Gasteiger charge is -2.28. The number of piperidine rings is 1. The lowest BCUT2D eigenvalue weighted by atomic mass is 10.1. The number of carbonyl (C=O) groups excluding carboxylic acids is 2. The van der Waals surface area contributed by atoms with Gasteiger partial charge >= 0.3 is 6.03 Å². The van der Waals surface area contributed by atoms with Crippen LogP contribution in [0.4, 0.5) is 21.9 Å². The second-order valence-electron chi connectivity index (χ2n) is 6.45. The van der Waals surface area contributed by atoms with Crippen LogP contribution in [0.5, 0.6) is 0 Å². The molecule has 3 amide bonds. The summed E-state index contributed by atoms with van der Waals surface area (Å²) in [6.45, 7) is 4.72. The highest BCUT2D eigenvalue weighted by atomic mass is 16.2. The summed E-state index contributed by atoms with van der Waals surface area (Å²) >= 11 is 0. The molecule has 5 nitrogen and oxygen atoms in total. The Morgan fingerprint density at radius 3 is 2.32 bits per heavy atom. The van der Waals surface area contributed by atoms with Crippen molar-refractivity contribution in [2.75, 3.05) is 22.1 Å². The van der Waals surface area contributed by atoms with E-state index in [9.17, 15) is 9.59 Å². The maximum atomic E-state index is 12.1. The molecule has 1 aliphatic heterocycles. The van der Waals surface area contributed by atoms with E-state index in [0.717, 1.165) is 41.9 Å². The lowest BCUT2D eigenvalue weighted by Crippen LogP contribution is -2.35. The highest BCUT2D eigenvalue weighted by Crippen LogP contribution is 2.27. The van der Waals surface area contributed by atoms with E-state index in [4.69, 9.17) is 0 Å². The molecule has 2 N–H and O–H groups in total. The Balaban J connectivity index is 1.67. The van der Waals surface area contributed by atoms with Gasteiger partial charge in [-0.15, -0.1) is 0 Å². The fraction of sp³-hybridized carbons (Fsp3) is 0.300. The second kappa shape index (κ2) is 7.38. The van der Waals surface area contributed by atoms with Crippen LogP contribution >= 0.6 is 0 Å². The fourth-order valence-electron chi connectivity index (χ4n) is 3.03. The molecule has 1 heterocycles. The summed E-state index contributed by atoms with van der Waals surface area (Å²) in [4.78, 5) is 26.1. The Morgan fingerprint density at radius 1 is 0.960 bits per heavy atom. The van der Waals surface area contributed by atoms with Crippen LogP contribution < -0.4 is 15.5 Å². The van der Waals surface area contributed by atoms with E-state index in [1.165, 1.54) is 0 Å². The molecule has 2 aromatic rings. The molecule has 25 heavy (non-hydrogen) atoms. The van der Waals surface area contributed by atoms with Crippen molar-refractivity contribution in [2.24, 2.45) is 0 Å². The number of rotatable bonds is 3. The molecular formula is C20H23N3O2. The van der Waals surface area contributed by atoms with E-state index < -0.39 is 0 Å². The number of aryl methyl sites for hydroxylation is 2. The van der Waals surface area contributed by atoms with Gasteiger partial charge in [-0.1, -0.05) is 17.7 Å². The monoisotopic (exact) mass is 337 g/mol. The smallest absolute Gasteiger partial charge is 0.312 e. The molecule has 0 bridgehead atoms. The number of urea groups is 1. The largest absolute Gasteiger partial charge is 0.323 e. The predicted octanol–water partition coefficient (Wildman–Crippen LogP) is 4.46. The zero-order valence-electron chi connectivity index (χ0n) is 14.6. The molecule has 1 aliphatic rings. The minimum atomic E-state index is -0.287. The van der Waals surface area contributed by atoms with Gasteiger partial charge in [0.1, 0.15) is 0 Å². The Morgan fingerprint density at radius 2 is 1.64 bits per heavy atom. The quantitative estimate of drug-likeness (QED) is 0.868. The van der Waals surface area contributed by atoms with Gasteiger partial charge in [0, 0.05) is 30.0 Å². The molecule has 1 saturated heterocycles. The number of hydrogen-bond donors (Lipinski definition) is 2. The first-order valence-electron chi connectivity index (χ1n) is 8.58. The van der Waals surface area contributed by atoms with Crippen molar-refractivity contribution in [1.82, 2.24) is 0 Å². The van der Waals surface area contributed by atoms with E-state index >= 15 is 0 Å². The highest BCUT2D eigenvalue weighted by Gasteiger charge is 2.21. The average Bonchev–Trinajstić information content (AvgIpc) is 2.58. The van der Waals surface area contributed by atoms with Crippen LogP contribution in [-0.4, -0.2) is 18.5 Å². The van der Waals surface area contributed by atoms with Crippen LogP contribution in [0.2, 0.25) is 0 Å². The highest BCUT2D eigenvalue weighted by molar-refractivity contribution is 6.00. The molecule has 0 spiro atoms. The van der Waals surface area contributed by atoms with Crippen molar-refractivity contribution >= 4 is 29.0 Å². The van der Waals surface area contributed by atoms with Gasteiger partial charge in [0.2, 0.25) is 5.91 Å². The van der Waals surface area contributed by atoms with Crippen LogP contribution in [0.3, 0.4) is 0 Å². The van der Waals surface area contributed by atoms with Crippen molar-refractivity contribution in [2.45, 2.75) is 33.1 Å².